The number of hydrogen-bond acceptors (Lipinski definition) is 2. The lowest BCUT2D eigenvalue weighted by Crippen LogP contribution is -2.55. The molecule has 16 heavy (non-hydrogen) atoms. The van der Waals surface area contributed by atoms with Gasteiger partial charge in [0.1, 0.15) is 0 Å². The van der Waals surface area contributed by atoms with Crippen LogP contribution >= 0.6 is 0 Å². The summed E-state index contributed by atoms with van der Waals surface area (Å²) in [5, 5.41) is 0. The van der Waals surface area contributed by atoms with Crippen molar-refractivity contribution < 1.29 is 0 Å². The lowest BCUT2D eigenvalue weighted by molar-refractivity contribution is 0.0435. The van der Waals surface area contributed by atoms with Gasteiger partial charge in [-0.3, -0.25) is 4.90 Å². The number of nitrogens with two attached hydrogens (primary N) is 1. The predicted molar refractivity (Wildman–Crippen MR) is 69.4 cm³/mol. The van der Waals surface area contributed by atoms with Gasteiger partial charge < -0.3 is 5.73 Å². The first-order valence-electron chi connectivity index (χ1n) is 7.13. The van der Waals surface area contributed by atoms with Crippen LogP contribution in [0, 0.1) is 11.8 Å². The Morgan fingerprint density at radius 1 is 1.25 bits per heavy atom. The molecule has 1 saturated carbocycles. The second-order valence-electron chi connectivity index (χ2n) is 6.22. The van der Waals surface area contributed by atoms with Gasteiger partial charge in [0.2, 0.25) is 0 Å². The highest BCUT2D eigenvalue weighted by Gasteiger charge is 2.41. The summed E-state index contributed by atoms with van der Waals surface area (Å²) in [7, 11) is 0. The van der Waals surface area contributed by atoms with Crippen molar-refractivity contribution in [3.05, 3.63) is 0 Å². The number of rotatable bonds is 3. The number of likely N-dealkylation sites (tertiary alicyclic amines) is 1. The van der Waals surface area contributed by atoms with Crippen LogP contribution in [0.5, 0.6) is 0 Å². The summed E-state index contributed by atoms with van der Waals surface area (Å²) in [5.41, 5.74) is 6.50. The zero-order valence-electron chi connectivity index (χ0n) is 11.0. The van der Waals surface area contributed by atoms with Gasteiger partial charge in [-0.05, 0) is 50.6 Å². The van der Waals surface area contributed by atoms with E-state index in [-0.39, 0.29) is 0 Å². The Morgan fingerprint density at radius 3 is 2.50 bits per heavy atom. The third-order valence-electron chi connectivity index (χ3n) is 4.96. The summed E-state index contributed by atoms with van der Waals surface area (Å²) in [6.07, 6.45) is 8.26. The van der Waals surface area contributed by atoms with Gasteiger partial charge in [0.15, 0.2) is 0 Å². The topological polar surface area (TPSA) is 29.3 Å². The minimum Gasteiger partial charge on any atom is -0.329 e. The molecule has 94 valence electrons. The van der Waals surface area contributed by atoms with Crippen LogP contribution in [-0.2, 0) is 0 Å². The maximum atomic E-state index is 6.14. The molecule has 1 aliphatic heterocycles. The molecule has 0 bridgehead atoms. The summed E-state index contributed by atoms with van der Waals surface area (Å²) >= 11 is 0. The Hall–Kier alpha value is -0.0800. The highest BCUT2D eigenvalue weighted by molar-refractivity contribution is 4.98. The molecule has 2 unspecified atom stereocenters. The van der Waals surface area contributed by atoms with Crippen LogP contribution in [0.25, 0.3) is 0 Å². The third kappa shape index (κ3) is 2.28. The fourth-order valence-electron chi connectivity index (χ4n) is 3.75. The molecule has 1 heterocycles. The Labute approximate surface area is 101 Å². The molecule has 0 aromatic heterocycles. The molecular weight excluding hydrogens is 196 g/mol. The summed E-state index contributed by atoms with van der Waals surface area (Å²) in [6.45, 7) is 8.21. The Morgan fingerprint density at radius 2 is 1.94 bits per heavy atom. The minimum absolute atomic E-state index is 0.365. The molecule has 0 aromatic carbocycles. The van der Waals surface area contributed by atoms with Gasteiger partial charge in [-0.15, -0.1) is 0 Å². The summed E-state index contributed by atoms with van der Waals surface area (Å²) in [6, 6.07) is 0. The second kappa shape index (κ2) is 5.05. The van der Waals surface area contributed by atoms with E-state index in [1.165, 1.54) is 51.6 Å². The zero-order valence-corrected chi connectivity index (χ0v) is 11.0. The van der Waals surface area contributed by atoms with E-state index >= 15 is 0 Å². The van der Waals surface area contributed by atoms with Crippen LogP contribution in [-0.4, -0.2) is 30.1 Å². The molecule has 2 fully saturated rings. The molecule has 1 aliphatic carbocycles. The first-order chi connectivity index (χ1) is 7.68. The molecule has 1 saturated heterocycles. The van der Waals surface area contributed by atoms with Crippen molar-refractivity contribution in [1.82, 2.24) is 4.90 Å². The van der Waals surface area contributed by atoms with Crippen LogP contribution in [0.3, 0.4) is 0 Å². The third-order valence-corrected chi connectivity index (χ3v) is 4.96. The van der Waals surface area contributed by atoms with Gasteiger partial charge in [0.25, 0.3) is 0 Å². The van der Waals surface area contributed by atoms with E-state index in [9.17, 15) is 0 Å². The van der Waals surface area contributed by atoms with Gasteiger partial charge >= 0.3 is 0 Å². The standard InChI is InChI=1S/C14H28N2/c1-12(2)13-6-5-7-14(10-13,11-15)16-8-3-4-9-16/h12-13H,3-11,15H2,1-2H3. The Balaban J connectivity index is 2.07. The Kier molecular flexibility index (Phi) is 3.91. The second-order valence-corrected chi connectivity index (χ2v) is 6.22. The fourth-order valence-corrected chi connectivity index (χ4v) is 3.75. The molecule has 0 aromatic rings. The SMILES string of the molecule is CC(C)C1CCCC(CN)(N2CCCC2)C1. The largest absolute Gasteiger partial charge is 0.329 e. The minimum atomic E-state index is 0.365. The molecule has 2 N–H and O–H groups in total. The van der Waals surface area contributed by atoms with Crippen molar-refractivity contribution in [2.24, 2.45) is 17.6 Å². The normalized spacial score (nSPS) is 37.1. The highest BCUT2D eigenvalue weighted by atomic mass is 15.2. The van der Waals surface area contributed by atoms with Crippen LogP contribution in [0.15, 0.2) is 0 Å². The van der Waals surface area contributed by atoms with Crippen molar-refractivity contribution in [3.8, 4) is 0 Å². The van der Waals surface area contributed by atoms with Gasteiger partial charge in [-0.25, -0.2) is 0 Å². The quantitative estimate of drug-likeness (QED) is 0.798. The van der Waals surface area contributed by atoms with Crippen molar-refractivity contribution in [3.63, 3.8) is 0 Å². The van der Waals surface area contributed by atoms with E-state index in [1.807, 2.05) is 0 Å². The van der Waals surface area contributed by atoms with E-state index in [1.54, 1.807) is 0 Å². The summed E-state index contributed by atoms with van der Waals surface area (Å²) < 4.78 is 0. The first-order valence-corrected chi connectivity index (χ1v) is 7.13. The highest BCUT2D eigenvalue weighted by Crippen LogP contribution is 2.40. The predicted octanol–water partition coefficient (Wildman–Crippen LogP) is 2.63. The monoisotopic (exact) mass is 224 g/mol. The van der Waals surface area contributed by atoms with E-state index in [4.69, 9.17) is 5.73 Å². The smallest absolute Gasteiger partial charge is 0.0334 e. The molecule has 2 rings (SSSR count). The molecule has 0 spiro atoms. The molecular formula is C14H28N2. The van der Waals surface area contributed by atoms with Gasteiger partial charge in [-0.2, -0.15) is 0 Å². The Bertz CT molecular complexity index is 221. The first kappa shape index (κ1) is 12.4. The van der Waals surface area contributed by atoms with Crippen LogP contribution in [0.2, 0.25) is 0 Å². The zero-order chi connectivity index (χ0) is 11.6. The molecule has 2 heteroatoms. The van der Waals surface area contributed by atoms with Crippen molar-refractivity contribution in [1.29, 1.82) is 0 Å². The van der Waals surface area contributed by atoms with Gasteiger partial charge in [0, 0.05) is 12.1 Å². The fraction of sp³-hybridized carbons (Fsp3) is 1.00. The molecule has 0 amide bonds. The maximum absolute atomic E-state index is 6.14. The van der Waals surface area contributed by atoms with Crippen molar-refractivity contribution in [2.75, 3.05) is 19.6 Å². The van der Waals surface area contributed by atoms with E-state index in [0.717, 1.165) is 18.4 Å². The molecule has 2 aliphatic rings. The summed E-state index contributed by atoms with van der Waals surface area (Å²) in [4.78, 5) is 2.71. The van der Waals surface area contributed by atoms with E-state index in [2.05, 4.69) is 18.7 Å². The lowest BCUT2D eigenvalue weighted by Gasteiger charge is -2.47. The van der Waals surface area contributed by atoms with Gasteiger partial charge in [-0.1, -0.05) is 26.7 Å². The van der Waals surface area contributed by atoms with Gasteiger partial charge in [0.05, 0.1) is 0 Å². The van der Waals surface area contributed by atoms with Crippen LogP contribution in [0.4, 0.5) is 0 Å². The number of nitrogens with zero attached hydrogens (tertiary/aromatic N) is 1. The van der Waals surface area contributed by atoms with Crippen molar-refractivity contribution >= 4 is 0 Å². The van der Waals surface area contributed by atoms with Crippen LogP contribution < -0.4 is 5.73 Å². The average Bonchev–Trinajstić information content (AvgIpc) is 2.83. The maximum Gasteiger partial charge on any atom is 0.0334 e. The molecule has 0 radical (unpaired) electrons. The molecule has 2 nitrogen and oxygen atoms in total. The lowest BCUT2D eigenvalue weighted by atomic mass is 9.71. The number of hydrogen-bond donors (Lipinski definition) is 1. The van der Waals surface area contributed by atoms with Crippen LogP contribution in [0.1, 0.15) is 52.4 Å². The summed E-state index contributed by atoms with van der Waals surface area (Å²) in [5.74, 6) is 1.73. The van der Waals surface area contributed by atoms with E-state index in [0.29, 0.717) is 5.54 Å². The van der Waals surface area contributed by atoms with Crippen molar-refractivity contribution in [2.45, 2.75) is 57.9 Å². The van der Waals surface area contributed by atoms with E-state index < -0.39 is 0 Å². The average molecular weight is 224 g/mol. The molecule has 2 atom stereocenters.